The van der Waals surface area contributed by atoms with Gasteiger partial charge in [-0.1, -0.05) is 18.2 Å². The van der Waals surface area contributed by atoms with Gasteiger partial charge in [0.25, 0.3) is 0 Å². The van der Waals surface area contributed by atoms with E-state index in [1.54, 1.807) is 0 Å². The molecule has 0 unspecified atom stereocenters. The highest BCUT2D eigenvalue weighted by Crippen LogP contribution is 2.16. The summed E-state index contributed by atoms with van der Waals surface area (Å²) in [5.74, 6) is 1.03. The van der Waals surface area contributed by atoms with Gasteiger partial charge in [-0.25, -0.2) is 4.89 Å². The Morgan fingerprint density at radius 2 is 1.96 bits per heavy atom. The van der Waals surface area contributed by atoms with Crippen LogP contribution in [0.4, 0.5) is 0 Å². The van der Waals surface area contributed by atoms with E-state index in [9.17, 15) is 4.79 Å². The predicted molar refractivity (Wildman–Crippen MR) is 90.7 cm³/mol. The highest BCUT2D eigenvalue weighted by atomic mass is 17.1. The van der Waals surface area contributed by atoms with Gasteiger partial charge in [-0.3, -0.25) is 15.4 Å². The molecule has 0 radical (unpaired) electrons. The molecular formula is C17H27N3O4. The van der Waals surface area contributed by atoms with Gasteiger partial charge in [-0.05, 0) is 38.1 Å². The third kappa shape index (κ3) is 6.84. The topological polar surface area (TPSA) is 83.1 Å². The van der Waals surface area contributed by atoms with Crippen molar-refractivity contribution in [2.75, 3.05) is 46.1 Å². The molecule has 1 aliphatic rings. The molecule has 1 aromatic carbocycles. The fourth-order valence-corrected chi connectivity index (χ4v) is 2.73. The molecule has 3 N–H and O–H groups in total. The van der Waals surface area contributed by atoms with Crippen LogP contribution in [0.15, 0.2) is 30.3 Å². The van der Waals surface area contributed by atoms with Crippen LogP contribution >= 0.6 is 0 Å². The zero-order chi connectivity index (χ0) is 17.0. The van der Waals surface area contributed by atoms with Crippen LogP contribution in [-0.4, -0.2) is 62.1 Å². The summed E-state index contributed by atoms with van der Waals surface area (Å²) < 4.78 is 5.52. The number of carbonyl (C=O) groups excluding carboxylic acids is 1. The second-order valence-electron chi connectivity index (χ2n) is 5.84. The van der Waals surface area contributed by atoms with E-state index >= 15 is 0 Å². The molecule has 0 aromatic heterocycles. The minimum absolute atomic E-state index is 0.0804. The van der Waals surface area contributed by atoms with Crippen LogP contribution in [0.3, 0.4) is 0 Å². The van der Waals surface area contributed by atoms with E-state index in [1.165, 1.54) is 0 Å². The Morgan fingerprint density at radius 3 is 2.67 bits per heavy atom. The summed E-state index contributed by atoms with van der Waals surface area (Å²) in [5.41, 5.74) is 0. The van der Waals surface area contributed by atoms with Crippen LogP contribution in [0.2, 0.25) is 0 Å². The van der Waals surface area contributed by atoms with Crippen LogP contribution in [0.1, 0.15) is 12.8 Å². The number of likely N-dealkylation sites (tertiary alicyclic amines) is 1. The Hall–Kier alpha value is -1.67. The summed E-state index contributed by atoms with van der Waals surface area (Å²) >= 11 is 0. The van der Waals surface area contributed by atoms with Crippen molar-refractivity contribution in [2.24, 2.45) is 5.92 Å². The number of ether oxygens (including phenoxy) is 1. The van der Waals surface area contributed by atoms with E-state index in [-0.39, 0.29) is 11.8 Å². The van der Waals surface area contributed by atoms with Crippen LogP contribution < -0.4 is 15.4 Å². The zero-order valence-corrected chi connectivity index (χ0v) is 13.9. The van der Waals surface area contributed by atoms with Crippen molar-refractivity contribution < 1.29 is 19.7 Å². The van der Waals surface area contributed by atoms with Crippen molar-refractivity contribution in [3.63, 3.8) is 0 Å². The number of rotatable bonds is 10. The maximum absolute atomic E-state index is 12.1. The third-order valence-electron chi connectivity index (χ3n) is 4.14. The molecule has 0 saturated carbocycles. The van der Waals surface area contributed by atoms with Gasteiger partial charge in [-0.2, -0.15) is 0 Å². The number of piperidine rings is 1. The highest BCUT2D eigenvalue weighted by molar-refractivity contribution is 5.78. The average molecular weight is 337 g/mol. The molecule has 1 aromatic rings. The lowest BCUT2D eigenvalue weighted by atomic mass is 9.96. The fourth-order valence-electron chi connectivity index (χ4n) is 2.73. The lowest BCUT2D eigenvalue weighted by molar-refractivity contribution is -0.244. The van der Waals surface area contributed by atoms with Gasteiger partial charge in [0.2, 0.25) is 5.91 Å². The van der Waals surface area contributed by atoms with Crippen molar-refractivity contribution in [1.82, 2.24) is 15.5 Å². The monoisotopic (exact) mass is 337 g/mol. The number of benzene rings is 1. The van der Waals surface area contributed by atoms with E-state index in [4.69, 9.17) is 9.99 Å². The van der Waals surface area contributed by atoms with Crippen LogP contribution in [-0.2, 0) is 9.68 Å². The first-order chi connectivity index (χ1) is 11.8. The fraction of sp³-hybridized carbons (Fsp3) is 0.588. The van der Waals surface area contributed by atoms with Crippen molar-refractivity contribution in [3.8, 4) is 5.75 Å². The SMILES string of the molecule is O=C(NCCNCOc1ccccc1)C1CCN(CCOO)CC1. The van der Waals surface area contributed by atoms with E-state index in [0.29, 0.717) is 33.0 Å². The number of hydrogen-bond donors (Lipinski definition) is 3. The first-order valence-corrected chi connectivity index (χ1v) is 8.44. The summed E-state index contributed by atoms with van der Waals surface area (Å²) in [6.07, 6.45) is 1.70. The maximum Gasteiger partial charge on any atom is 0.223 e. The van der Waals surface area contributed by atoms with E-state index in [0.717, 1.165) is 31.7 Å². The Bertz CT molecular complexity index is 464. The minimum atomic E-state index is 0.0804. The average Bonchev–Trinajstić information content (AvgIpc) is 2.64. The maximum atomic E-state index is 12.1. The predicted octanol–water partition coefficient (Wildman–Crippen LogP) is 0.930. The number of carbonyl (C=O) groups is 1. The minimum Gasteiger partial charge on any atom is -0.478 e. The zero-order valence-electron chi connectivity index (χ0n) is 13.9. The van der Waals surface area contributed by atoms with Crippen molar-refractivity contribution in [2.45, 2.75) is 12.8 Å². The van der Waals surface area contributed by atoms with Gasteiger partial charge in [-0.15, -0.1) is 0 Å². The summed E-state index contributed by atoms with van der Waals surface area (Å²) in [4.78, 5) is 18.4. The highest BCUT2D eigenvalue weighted by Gasteiger charge is 2.24. The van der Waals surface area contributed by atoms with Crippen molar-refractivity contribution in [1.29, 1.82) is 0 Å². The molecule has 1 amide bonds. The Labute approximate surface area is 142 Å². The van der Waals surface area contributed by atoms with Crippen molar-refractivity contribution >= 4 is 5.91 Å². The molecule has 0 aliphatic carbocycles. The standard InChI is InChI=1S/C17H27N3O4/c21-17(15-6-10-20(11-7-15)12-13-24-22)19-9-8-18-14-23-16-4-2-1-3-5-16/h1-5,15,18,22H,6-14H2,(H,19,21). The molecule has 0 atom stereocenters. The molecule has 1 heterocycles. The summed E-state index contributed by atoms with van der Waals surface area (Å²) in [5, 5.41) is 14.5. The lowest BCUT2D eigenvalue weighted by Crippen LogP contribution is -2.43. The van der Waals surface area contributed by atoms with Crippen LogP contribution in [0.25, 0.3) is 0 Å². The number of hydrogen-bond acceptors (Lipinski definition) is 6. The second-order valence-corrected chi connectivity index (χ2v) is 5.84. The van der Waals surface area contributed by atoms with Gasteiger partial charge < -0.3 is 15.0 Å². The molecule has 0 bridgehead atoms. The molecule has 0 spiro atoms. The molecule has 1 fully saturated rings. The van der Waals surface area contributed by atoms with Gasteiger partial charge in [0, 0.05) is 25.6 Å². The quantitative estimate of drug-likeness (QED) is 0.255. The molecule has 7 nitrogen and oxygen atoms in total. The normalized spacial score (nSPS) is 16.0. The van der Waals surface area contributed by atoms with E-state index < -0.39 is 0 Å². The smallest absolute Gasteiger partial charge is 0.223 e. The summed E-state index contributed by atoms with van der Waals surface area (Å²) in [7, 11) is 0. The second kappa shape index (κ2) is 11.0. The summed E-state index contributed by atoms with van der Waals surface area (Å²) in [6, 6.07) is 9.61. The molecule has 1 aliphatic heterocycles. The first kappa shape index (κ1) is 18.7. The van der Waals surface area contributed by atoms with Gasteiger partial charge in [0.1, 0.15) is 12.5 Å². The first-order valence-electron chi connectivity index (χ1n) is 8.44. The Morgan fingerprint density at radius 1 is 1.21 bits per heavy atom. The molecular weight excluding hydrogens is 310 g/mol. The summed E-state index contributed by atoms with van der Waals surface area (Å²) in [6.45, 7) is 4.44. The number of nitrogens with zero attached hydrogens (tertiary/aromatic N) is 1. The number of nitrogens with one attached hydrogen (secondary N) is 2. The molecule has 7 heteroatoms. The number of para-hydroxylation sites is 1. The molecule has 134 valence electrons. The largest absolute Gasteiger partial charge is 0.478 e. The van der Waals surface area contributed by atoms with Crippen LogP contribution in [0, 0.1) is 5.92 Å². The van der Waals surface area contributed by atoms with Gasteiger partial charge in [0.15, 0.2) is 0 Å². The molecule has 24 heavy (non-hydrogen) atoms. The number of amides is 1. The van der Waals surface area contributed by atoms with Gasteiger partial charge in [0.05, 0.1) is 6.61 Å². The molecule has 1 saturated heterocycles. The Balaban J connectivity index is 1.49. The lowest BCUT2D eigenvalue weighted by Gasteiger charge is -2.30. The third-order valence-corrected chi connectivity index (χ3v) is 4.14. The van der Waals surface area contributed by atoms with Gasteiger partial charge >= 0.3 is 0 Å². The molecule has 2 rings (SSSR count). The van der Waals surface area contributed by atoms with E-state index in [2.05, 4.69) is 20.4 Å². The van der Waals surface area contributed by atoms with Crippen LogP contribution in [0.5, 0.6) is 5.75 Å². The van der Waals surface area contributed by atoms with E-state index in [1.807, 2.05) is 30.3 Å². The van der Waals surface area contributed by atoms with Crippen molar-refractivity contribution in [3.05, 3.63) is 30.3 Å². The Kier molecular flexibility index (Phi) is 8.54.